The minimum Gasteiger partial charge on any atom is -0.338 e. The SMILES string of the molecule is CN1CCNCC1c1noc(C2CCN(c3ccc(Cl)cc3)C2=O)n1.Cl. The van der Waals surface area contributed by atoms with Gasteiger partial charge in [0.15, 0.2) is 5.82 Å². The van der Waals surface area contributed by atoms with E-state index in [4.69, 9.17) is 16.1 Å². The minimum absolute atomic E-state index is 0. The van der Waals surface area contributed by atoms with Crippen LogP contribution in [0.4, 0.5) is 5.69 Å². The predicted molar refractivity (Wildman–Crippen MR) is 101 cm³/mol. The maximum absolute atomic E-state index is 12.8. The van der Waals surface area contributed by atoms with Crippen LogP contribution in [0.3, 0.4) is 0 Å². The number of hydrogen-bond acceptors (Lipinski definition) is 6. The van der Waals surface area contributed by atoms with E-state index in [-0.39, 0.29) is 30.3 Å². The van der Waals surface area contributed by atoms with Crippen molar-refractivity contribution in [3.05, 3.63) is 41.0 Å². The molecule has 1 N–H and O–H groups in total. The van der Waals surface area contributed by atoms with Crippen molar-refractivity contribution in [2.75, 3.05) is 38.1 Å². The molecule has 2 aliphatic heterocycles. The number of nitrogens with zero attached hydrogens (tertiary/aromatic N) is 4. The zero-order valence-electron chi connectivity index (χ0n) is 14.4. The topological polar surface area (TPSA) is 74.5 Å². The van der Waals surface area contributed by atoms with E-state index in [1.807, 2.05) is 19.2 Å². The van der Waals surface area contributed by atoms with Gasteiger partial charge in [0.2, 0.25) is 11.8 Å². The average Bonchev–Trinajstić information content (AvgIpc) is 3.23. The summed E-state index contributed by atoms with van der Waals surface area (Å²) in [6.07, 6.45) is 0.669. The average molecular weight is 398 g/mol. The molecule has 0 aliphatic carbocycles. The highest BCUT2D eigenvalue weighted by atomic mass is 35.5. The molecule has 2 atom stereocenters. The van der Waals surface area contributed by atoms with Crippen molar-refractivity contribution in [1.82, 2.24) is 20.4 Å². The van der Waals surface area contributed by atoms with Gasteiger partial charge in [-0.1, -0.05) is 16.8 Å². The third-order valence-corrected chi connectivity index (χ3v) is 5.16. The van der Waals surface area contributed by atoms with Crippen molar-refractivity contribution < 1.29 is 9.32 Å². The van der Waals surface area contributed by atoms with Crippen LogP contribution in [-0.2, 0) is 4.79 Å². The van der Waals surface area contributed by atoms with Crippen molar-refractivity contribution in [2.45, 2.75) is 18.4 Å². The number of carbonyl (C=O) groups is 1. The molecule has 1 amide bonds. The fourth-order valence-electron chi connectivity index (χ4n) is 3.40. The van der Waals surface area contributed by atoms with Crippen LogP contribution in [0.5, 0.6) is 0 Å². The summed E-state index contributed by atoms with van der Waals surface area (Å²) in [5.41, 5.74) is 0.841. The molecule has 3 heterocycles. The van der Waals surface area contributed by atoms with Crippen molar-refractivity contribution in [3.63, 3.8) is 0 Å². The standard InChI is InChI=1S/C17H20ClN5O2.ClH/c1-22-9-7-19-10-14(22)15-20-16(25-21-15)13-6-8-23(17(13)24)12-4-2-11(18)3-5-12;/h2-5,13-14,19H,6-10H2,1H3;1H. The number of halogens is 2. The Morgan fingerprint density at radius 2 is 2.04 bits per heavy atom. The lowest BCUT2D eigenvalue weighted by Gasteiger charge is -2.30. The Bertz CT molecular complexity index is 767. The monoisotopic (exact) mass is 397 g/mol. The summed E-state index contributed by atoms with van der Waals surface area (Å²) < 4.78 is 5.44. The third-order valence-electron chi connectivity index (χ3n) is 4.91. The lowest BCUT2D eigenvalue weighted by atomic mass is 10.1. The molecule has 1 aromatic carbocycles. The summed E-state index contributed by atoms with van der Waals surface area (Å²) in [6, 6.07) is 7.35. The highest BCUT2D eigenvalue weighted by molar-refractivity contribution is 6.30. The maximum Gasteiger partial charge on any atom is 0.239 e. The molecule has 0 saturated carbocycles. The van der Waals surface area contributed by atoms with E-state index in [0.29, 0.717) is 29.7 Å². The smallest absolute Gasteiger partial charge is 0.239 e. The van der Waals surface area contributed by atoms with Gasteiger partial charge in [0.25, 0.3) is 0 Å². The number of piperazine rings is 1. The molecule has 1 aromatic heterocycles. The van der Waals surface area contributed by atoms with Gasteiger partial charge in [-0.2, -0.15) is 4.98 Å². The number of hydrogen-bond donors (Lipinski definition) is 1. The van der Waals surface area contributed by atoms with Crippen LogP contribution >= 0.6 is 24.0 Å². The summed E-state index contributed by atoms with van der Waals surface area (Å²) in [6.45, 7) is 3.30. The highest BCUT2D eigenvalue weighted by Gasteiger charge is 2.38. The van der Waals surface area contributed by atoms with E-state index >= 15 is 0 Å². The van der Waals surface area contributed by atoms with Crippen molar-refractivity contribution >= 4 is 35.6 Å². The second kappa shape index (κ2) is 7.92. The molecule has 7 nitrogen and oxygen atoms in total. The number of carbonyl (C=O) groups excluding carboxylic acids is 1. The van der Waals surface area contributed by atoms with Gasteiger partial charge in [0.05, 0.1) is 6.04 Å². The molecular weight excluding hydrogens is 377 g/mol. The first-order chi connectivity index (χ1) is 12.1. The van der Waals surface area contributed by atoms with Gasteiger partial charge in [-0.25, -0.2) is 0 Å². The molecule has 4 rings (SSSR count). The number of amides is 1. The second-order valence-corrected chi connectivity index (χ2v) is 6.94. The number of likely N-dealkylation sites (N-methyl/N-ethyl adjacent to an activating group) is 1. The lowest BCUT2D eigenvalue weighted by molar-refractivity contribution is -0.118. The molecule has 0 spiro atoms. The van der Waals surface area contributed by atoms with E-state index in [0.717, 1.165) is 25.3 Å². The Morgan fingerprint density at radius 1 is 1.27 bits per heavy atom. The van der Waals surface area contributed by atoms with E-state index in [1.54, 1.807) is 17.0 Å². The van der Waals surface area contributed by atoms with Gasteiger partial charge in [-0.3, -0.25) is 9.69 Å². The van der Waals surface area contributed by atoms with Crippen LogP contribution in [0.15, 0.2) is 28.8 Å². The van der Waals surface area contributed by atoms with Gasteiger partial charge in [0.1, 0.15) is 5.92 Å². The first kappa shape index (κ1) is 19.1. The lowest BCUT2D eigenvalue weighted by Crippen LogP contribution is -2.44. The number of nitrogens with one attached hydrogen (secondary N) is 1. The Balaban J connectivity index is 0.00000196. The van der Waals surface area contributed by atoms with Crippen LogP contribution < -0.4 is 10.2 Å². The summed E-state index contributed by atoms with van der Waals surface area (Å²) >= 11 is 5.92. The summed E-state index contributed by atoms with van der Waals surface area (Å²) in [4.78, 5) is 21.3. The number of anilines is 1. The normalized spacial score (nSPS) is 23.9. The molecule has 26 heavy (non-hydrogen) atoms. The van der Waals surface area contributed by atoms with Gasteiger partial charge < -0.3 is 14.7 Å². The minimum atomic E-state index is -0.376. The fraction of sp³-hybridized carbons (Fsp3) is 0.471. The quantitative estimate of drug-likeness (QED) is 0.855. The van der Waals surface area contributed by atoms with Crippen LogP contribution in [0, 0.1) is 0 Å². The first-order valence-electron chi connectivity index (χ1n) is 8.45. The maximum atomic E-state index is 12.8. The second-order valence-electron chi connectivity index (χ2n) is 6.50. The van der Waals surface area contributed by atoms with E-state index in [2.05, 4.69) is 20.4 Å². The Hall–Kier alpha value is -1.67. The largest absolute Gasteiger partial charge is 0.338 e. The zero-order valence-corrected chi connectivity index (χ0v) is 16.0. The van der Waals surface area contributed by atoms with Gasteiger partial charge >= 0.3 is 0 Å². The molecule has 0 bridgehead atoms. The summed E-state index contributed by atoms with van der Waals surface area (Å²) in [5, 5.41) is 8.11. The van der Waals surface area contributed by atoms with E-state index < -0.39 is 0 Å². The summed E-state index contributed by atoms with van der Waals surface area (Å²) in [5.74, 6) is 0.671. The van der Waals surface area contributed by atoms with Gasteiger partial charge in [-0.05, 0) is 37.7 Å². The molecule has 2 aliphatic rings. The van der Waals surface area contributed by atoms with Gasteiger partial charge in [0, 0.05) is 36.9 Å². The fourth-order valence-corrected chi connectivity index (χ4v) is 3.53. The number of rotatable bonds is 3. The van der Waals surface area contributed by atoms with Crippen molar-refractivity contribution in [1.29, 1.82) is 0 Å². The Kier molecular flexibility index (Phi) is 5.82. The van der Waals surface area contributed by atoms with Crippen LogP contribution in [0.1, 0.15) is 30.1 Å². The molecule has 140 valence electrons. The van der Waals surface area contributed by atoms with Crippen LogP contribution in [0.2, 0.25) is 5.02 Å². The molecule has 9 heteroatoms. The van der Waals surface area contributed by atoms with Crippen molar-refractivity contribution in [2.24, 2.45) is 0 Å². The molecule has 2 saturated heterocycles. The number of benzene rings is 1. The molecular formula is C17H21Cl2N5O2. The van der Waals surface area contributed by atoms with Crippen molar-refractivity contribution in [3.8, 4) is 0 Å². The first-order valence-corrected chi connectivity index (χ1v) is 8.82. The Morgan fingerprint density at radius 3 is 2.77 bits per heavy atom. The summed E-state index contributed by atoms with van der Waals surface area (Å²) in [7, 11) is 2.05. The van der Waals surface area contributed by atoms with E-state index in [9.17, 15) is 4.79 Å². The van der Waals surface area contributed by atoms with Crippen LogP contribution in [0.25, 0.3) is 0 Å². The van der Waals surface area contributed by atoms with E-state index in [1.165, 1.54) is 0 Å². The molecule has 0 radical (unpaired) electrons. The molecule has 2 unspecified atom stereocenters. The third kappa shape index (κ3) is 3.57. The predicted octanol–water partition coefficient (Wildman–Crippen LogP) is 2.24. The number of aromatic nitrogens is 2. The zero-order chi connectivity index (χ0) is 17.4. The van der Waals surface area contributed by atoms with Gasteiger partial charge in [-0.15, -0.1) is 12.4 Å². The molecule has 2 fully saturated rings. The van der Waals surface area contributed by atoms with Crippen LogP contribution in [-0.4, -0.2) is 54.2 Å². The highest BCUT2D eigenvalue weighted by Crippen LogP contribution is 2.32. The Labute approximate surface area is 163 Å². The molecule has 2 aromatic rings.